The van der Waals surface area contributed by atoms with Gasteiger partial charge in [0.15, 0.2) is 5.78 Å². The fourth-order valence-electron chi connectivity index (χ4n) is 1.47. The molecule has 0 saturated heterocycles. The van der Waals surface area contributed by atoms with Gasteiger partial charge in [-0.3, -0.25) is 4.79 Å². The highest BCUT2D eigenvalue weighted by Crippen LogP contribution is 2.33. The molecule has 0 radical (unpaired) electrons. The highest BCUT2D eigenvalue weighted by atomic mass is 35.5. The lowest BCUT2D eigenvalue weighted by atomic mass is 10.0. The number of para-hydroxylation sites is 1. The van der Waals surface area contributed by atoms with Crippen LogP contribution in [0.15, 0.2) is 47.0 Å². The first-order valence-electron chi connectivity index (χ1n) is 5.01. The summed E-state index contributed by atoms with van der Waals surface area (Å²) in [5, 5.41) is 0.978. The number of halogens is 2. The molecule has 86 valence electrons. The van der Waals surface area contributed by atoms with Gasteiger partial charge in [-0.1, -0.05) is 29.3 Å². The van der Waals surface area contributed by atoms with E-state index in [2.05, 4.69) is 4.99 Å². The Morgan fingerprint density at radius 1 is 1.12 bits per heavy atom. The number of ketones is 1. The Morgan fingerprint density at radius 3 is 2.35 bits per heavy atom. The predicted molar refractivity (Wildman–Crippen MR) is 71.5 cm³/mol. The van der Waals surface area contributed by atoms with Crippen LogP contribution in [-0.4, -0.2) is 11.5 Å². The van der Waals surface area contributed by atoms with Crippen LogP contribution in [0.1, 0.15) is 6.92 Å². The van der Waals surface area contributed by atoms with Gasteiger partial charge < -0.3 is 0 Å². The molecule has 0 aromatic heterocycles. The largest absolute Gasteiger partial charge is 0.290 e. The van der Waals surface area contributed by atoms with Crippen molar-refractivity contribution in [1.82, 2.24) is 0 Å². The minimum Gasteiger partial charge on any atom is -0.290 e. The summed E-state index contributed by atoms with van der Waals surface area (Å²) in [7, 11) is 0. The summed E-state index contributed by atoms with van der Waals surface area (Å²) in [6.07, 6.45) is 4.66. The zero-order valence-electron chi connectivity index (χ0n) is 9.08. The van der Waals surface area contributed by atoms with E-state index >= 15 is 0 Å². The van der Waals surface area contributed by atoms with E-state index < -0.39 is 0 Å². The van der Waals surface area contributed by atoms with Gasteiger partial charge in [0.25, 0.3) is 0 Å². The normalized spacial score (nSPS) is 17.5. The van der Waals surface area contributed by atoms with Gasteiger partial charge in [-0.2, -0.15) is 0 Å². The molecule has 0 spiro atoms. The van der Waals surface area contributed by atoms with Crippen molar-refractivity contribution >= 4 is 40.4 Å². The van der Waals surface area contributed by atoms with E-state index in [1.165, 1.54) is 12.2 Å². The summed E-state index contributed by atoms with van der Waals surface area (Å²) in [4.78, 5) is 15.5. The van der Waals surface area contributed by atoms with Crippen LogP contribution in [0, 0.1) is 0 Å². The Hall–Kier alpha value is -1.38. The lowest BCUT2D eigenvalue weighted by molar-refractivity contribution is -0.110. The zero-order valence-corrected chi connectivity index (χ0v) is 10.6. The van der Waals surface area contributed by atoms with Gasteiger partial charge in [-0.05, 0) is 42.9 Å². The third-order valence-corrected chi connectivity index (χ3v) is 2.95. The zero-order chi connectivity index (χ0) is 12.4. The maximum absolute atomic E-state index is 11.1. The minimum atomic E-state index is -0.0355. The van der Waals surface area contributed by atoms with Crippen LogP contribution in [0.3, 0.4) is 0 Å². The molecule has 2 rings (SSSR count). The first kappa shape index (κ1) is 12.1. The van der Waals surface area contributed by atoms with E-state index in [9.17, 15) is 4.79 Å². The Kier molecular flexibility index (Phi) is 3.46. The molecule has 0 amide bonds. The molecule has 17 heavy (non-hydrogen) atoms. The molecule has 0 N–H and O–H groups in total. The molecular weight excluding hydrogens is 257 g/mol. The van der Waals surface area contributed by atoms with E-state index in [1.54, 1.807) is 24.3 Å². The molecule has 0 atom stereocenters. The maximum Gasteiger partial charge on any atom is 0.179 e. The summed E-state index contributed by atoms with van der Waals surface area (Å²) in [5.41, 5.74) is 2.02. The first-order valence-corrected chi connectivity index (χ1v) is 5.77. The van der Waals surface area contributed by atoms with Crippen LogP contribution in [0.25, 0.3) is 0 Å². The number of rotatable bonds is 1. The van der Waals surface area contributed by atoms with Gasteiger partial charge in [0.1, 0.15) is 5.69 Å². The van der Waals surface area contributed by atoms with E-state index in [-0.39, 0.29) is 5.78 Å². The van der Waals surface area contributed by atoms with E-state index in [1.807, 2.05) is 6.92 Å². The first-order chi connectivity index (χ1) is 8.08. The average Bonchev–Trinajstić information content (AvgIpc) is 2.26. The molecule has 0 aliphatic heterocycles. The van der Waals surface area contributed by atoms with Gasteiger partial charge in [-0.25, -0.2) is 4.99 Å². The van der Waals surface area contributed by atoms with Gasteiger partial charge in [0.2, 0.25) is 0 Å². The van der Waals surface area contributed by atoms with E-state index in [4.69, 9.17) is 23.2 Å². The SMILES string of the molecule is CC1=CC(=O)C=CC1=Nc1c(Cl)cccc1Cl. The van der Waals surface area contributed by atoms with Gasteiger partial charge >= 0.3 is 0 Å². The van der Waals surface area contributed by atoms with Gasteiger partial charge in [0.05, 0.1) is 15.8 Å². The second-order valence-corrected chi connectivity index (χ2v) is 4.44. The van der Waals surface area contributed by atoms with Crippen molar-refractivity contribution in [3.05, 3.63) is 52.0 Å². The maximum atomic E-state index is 11.1. The Bertz CT molecular complexity index is 551. The lowest BCUT2D eigenvalue weighted by Gasteiger charge is -2.07. The molecule has 1 aromatic carbocycles. The van der Waals surface area contributed by atoms with Crippen molar-refractivity contribution in [1.29, 1.82) is 0 Å². The van der Waals surface area contributed by atoms with E-state index in [0.29, 0.717) is 21.4 Å². The van der Waals surface area contributed by atoms with Crippen LogP contribution in [0.5, 0.6) is 0 Å². The lowest BCUT2D eigenvalue weighted by Crippen LogP contribution is -2.05. The molecule has 2 nitrogen and oxygen atoms in total. The highest BCUT2D eigenvalue weighted by molar-refractivity contribution is 6.39. The van der Waals surface area contributed by atoms with Gasteiger partial charge in [-0.15, -0.1) is 0 Å². The standard InChI is InChI=1S/C13H9Cl2NO/c1-8-7-9(17)5-6-12(8)16-13-10(14)3-2-4-11(13)15/h2-7H,1H3. The fraction of sp³-hybridized carbons (Fsp3) is 0.0769. The second-order valence-electron chi connectivity index (χ2n) is 3.63. The van der Waals surface area contributed by atoms with Crippen LogP contribution in [0.2, 0.25) is 10.0 Å². The number of nitrogens with zero attached hydrogens (tertiary/aromatic N) is 1. The molecule has 1 aliphatic carbocycles. The van der Waals surface area contributed by atoms with Crippen molar-refractivity contribution < 1.29 is 4.79 Å². The summed E-state index contributed by atoms with van der Waals surface area (Å²) in [6.45, 7) is 1.82. The number of aliphatic imine (C=N–C) groups is 1. The molecular formula is C13H9Cl2NO. The van der Waals surface area contributed by atoms with Gasteiger partial charge in [0, 0.05) is 0 Å². The molecule has 1 aliphatic rings. The number of hydrogen-bond donors (Lipinski definition) is 0. The number of allylic oxidation sites excluding steroid dienone is 4. The van der Waals surface area contributed by atoms with Crippen molar-refractivity contribution in [3.63, 3.8) is 0 Å². The fourth-order valence-corrected chi connectivity index (χ4v) is 1.95. The third-order valence-electron chi connectivity index (χ3n) is 2.34. The third kappa shape index (κ3) is 2.65. The summed E-state index contributed by atoms with van der Waals surface area (Å²) < 4.78 is 0. The Morgan fingerprint density at radius 2 is 1.76 bits per heavy atom. The van der Waals surface area contributed by atoms with Crippen molar-refractivity contribution in [2.45, 2.75) is 6.92 Å². The molecule has 0 fully saturated rings. The van der Waals surface area contributed by atoms with Crippen LogP contribution in [0.4, 0.5) is 5.69 Å². The van der Waals surface area contributed by atoms with Crippen molar-refractivity contribution in [2.75, 3.05) is 0 Å². The van der Waals surface area contributed by atoms with Crippen molar-refractivity contribution in [3.8, 4) is 0 Å². The highest BCUT2D eigenvalue weighted by Gasteiger charge is 2.10. The predicted octanol–water partition coefficient (Wildman–Crippen LogP) is 4.15. The number of hydrogen-bond acceptors (Lipinski definition) is 2. The number of carbonyl (C=O) groups excluding carboxylic acids is 1. The number of benzene rings is 1. The van der Waals surface area contributed by atoms with Crippen LogP contribution < -0.4 is 0 Å². The van der Waals surface area contributed by atoms with Crippen LogP contribution >= 0.6 is 23.2 Å². The minimum absolute atomic E-state index is 0.0355. The topological polar surface area (TPSA) is 29.4 Å². The summed E-state index contributed by atoms with van der Waals surface area (Å²) >= 11 is 12.0. The molecule has 0 heterocycles. The summed E-state index contributed by atoms with van der Waals surface area (Å²) in [6, 6.07) is 5.21. The van der Waals surface area contributed by atoms with Crippen LogP contribution in [-0.2, 0) is 4.79 Å². The van der Waals surface area contributed by atoms with Crippen molar-refractivity contribution in [2.24, 2.45) is 4.99 Å². The van der Waals surface area contributed by atoms with E-state index in [0.717, 1.165) is 5.57 Å². The second kappa shape index (κ2) is 4.86. The summed E-state index contributed by atoms with van der Waals surface area (Å²) in [5.74, 6) is -0.0355. The average molecular weight is 266 g/mol. The smallest absolute Gasteiger partial charge is 0.179 e. The monoisotopic (exact) mass is 265 g/mol. The molecule has 4 heteroatoms. The number of carbonyl (C=O) groups is 1. The molecule has 0 unspecified atom stereocenters. The molecule has 0 saturated carbocycles. The quantitative estimate of drug-likeness (QED) is 0.702. The Labute approximate surface area is 109 Å². The molecule has 0 bridgehead atoms. The molecule has 1 aromatic rings. The Balaban J connectivity index is 2.47.